The van der Waals surface area contributed by atoms with Gasteiger partial charge in [0.1, 0.15) is 5.92 Å². The van der Waals surface area contributed by atoms with Crippen molar-refractivity contribution in [3.63, 3.8) is 0 Å². The minimum Gasteiger partial charge on any atom is -0.443 e. The minimum absolute atomic E-state index is 0.424. The Hall–Kier alpha value is -1.60. The van der Waals surface area contributed by atoms with Crippen LogP contribution in [0.15, 0.2) is 0 Å². The summed E-state index contributed by atoms with van der Waals surface area (Å²) in [6, 6.07) is 0. The number of rotatable bonds is 3. The van der Waals surface area contributed by atoms with E-state index in [0.29, 0.717) is 6.42 Å². The molecule has 0 aromatic carbocycles. The van der Waals surface area contributed by atoms with Crippen molar-refractivity contribution in [3.05, 3.63) is 0 Å². The zero-order valence-corrected chi connectivity index (χ0v) is 9.61. The van der Waals surface area contributed by atoms with E-state index in [4.69, 9.17) is 0 Å². The Kier molecular flexibility index (Phi) is 3.98. The van der Waals surface area contributed by atoms with E-state index < -0.39 is 42.0 Å². The summed E-state index contributed by atoms with van der Waals surface area (Å²) in [6.45, 7) is 3.24. The molecule has 0 bridgehead atoms. The molecule has 1 rings (SSSR count). The van der Waals surface area contributed by atoms with E-state index in [1.165, 1.54) is 0 Å². The molecule has 1 saturated heterocycles. The van der Waals surface area contributed by atoms with Gasteiger partial charge in [-0.1, -0.05) is 20.3 Å². The maximum absolute atomic E-state index is 12.0. The van der Waals surface area contributed by atoms with Crippen LogP contribution < -0.4 is 0 Å². The number of carbonyl (C=O) groups excluding carboxylic acids is 3. The average molecular weight is 268 g/mol. The van der Waals surface area contributed by atoms with Gasteiger partial charge < -0.3 is 9.47 Å². The van der Waals surface area contributed by atoms with E-state index in [1.54, 1.807) is 13.8 Å². The SMILES string of the molecule is CC[C@H](C)[C@@H]1C(=O)OC(=O)[C@@H]1OC(=O)C(F)(F)F. The Balaban J connectivity index is 2.87. The van der Waals surface area contributed by atoms with Gasteiger partial charge in [0.05, 0.1) is 0 Å². The molecule has 5 nitrogen and oxygen atoms in total. The third kappa shape index (κ3) is 2.80. The van der Waals surface area contributed by atoms with Gasteiger partial charge in [0.15, 0.2) is 0 Å². The molecule has 0 unspecified atom stereocenters. The summed E-state index contributed by atoms with van der Waals surface area (Å²) in [5.41, 5.74) is 0. The fourth-order valence-corrected chi connectivity index (χ4v) is 1.58. The number of hydrogen-bond donors (Lipinski definition) is 0. The van der Waals surface area contributed by atoms with Crippen molar-refractivity contribution >= 4 is 17.9 Å². The highest BCUT2D eigenvalue weighted by Crippen LogP contribution is 2.30. The number of alkyl halides is 3. The van der Waals surface area contributed by atoms with E-state index in [9.17, 15) is 27.6 Å². The second kappa shape index (κ2) is 4.95. The van der Waals surface area contributed by atoms with Crippen LogP contribution in [0.25, 0.3) is 0 Å². The molecule has 102 valence electrons. The third-order valence-electron chi connectivity index (χ3n) is 2.75. The third-order valence-corrected chi connectivity index (χ3v) is 2.75. The molecule has 1 aliphatic rings. The van der Waals surface area contributed by atoms with Gasteiger partial charge in [0.2, 0.25) is 6.10 Å². The fourth-order valence-electron chi connectivity index (χ4n) is 1.58. The van der Waals surface area contributed by atoms with Gasteiger partial charge >= 0.3 is 24.1 Å². The molecule has 0 saturated carbocycles. The summed E-state index contributed by atoms with van der Waals surface area (Å²) >= 11 is 0. The molecule has 8 heteroatoms. The lowest BCUT2D eigenvalue weighted by Crippen LogP contribution is -2.38. The van der Waals surface area contributed by atoms with Crippen molar-refractivity contribution < 1.29 is 37.0 Å². The first-order valence-electron chi connectivity index (χ1n) is 5.21. The second-order valence-electron chi connectivity index (χ2n) is 3.98. The molecule has 0 aromatic heterocycles. The number of carbonyl (C=O) groups is 3. The van der Waals surface area contributed by atoms with Crippen molar-refractivity contribution in [1.82, 2.24) is 0 Å². The van der Waals surface area contributed by atoms with Gasteiger partial charge in [0, 0.05) is 0 Å². The minimum atomic E-state index is -5.22. The van der Waals surface area contributed by atoms with Crippen LogP contribution >= 0.6 is 0 Å². The Bertz CT molecular complexity index is 376. The van der Waals surface area contributed by atoms with Crippen LogP contribution in [0.1, 0.15) is 20.3 Å². The van der Waals surface area contributed by atoms with Crippen LogP contribution in [0.3, 0.4) is 0 Å². The highest BCUT2D eigenvalue weighted by molar-refractivity contribution is 5.99. The lowest BCUT2D eigenvalue weighted by atomic mass is 9.88. The molecule has 0 amide bonds. The highest BCUT2D eigenvalue weighted by Gasteiger charge is 2.52. The molecule has 0 aliphatic carbocycles. The van der Waals surface area contributed by atoms with Crippen LogP contribution in [0.5, 0.6) is 0 Å². The molecule has 0 spiro atoms. The van der Waals surface area contributed by atoms with Crippen molar-refractivity contribution in [2.24, 2.45) is 11.8 Å². The second-order valence-corrected chi connectivity index (χ2v) is 3.98. The molecule has 18 heavy (non-hydrogen) atoms. The van der Waals surface area contributed by atoms with Crippen LogP contribution in [-0.4, -0.2) is 30.2 Å². The lowest BCUT2D eigenvalue weighted by molar-refractivity contribution is -0.207. The van der Waals surface area contributed by atoms with Gasteiger partial charge in [-0.2, -0.15) is 13.2 Å². The summed E-state index contributed by atoms with van der Waals surface area (Å²) in [5.74, 6) is -6.35. The van der Waals surface area contributed by atoms with Crippen molar-refractivity contribution in [1.29, 1.82) is 0 Å². The average Bonchev–Trinajstić information content (AvgIpc) is 2.51. The first-order valence-corrected chi connectivity index (χ1v) is 5.21. The van der Waals surface area contributed by atoms with Crippen molar-refractivity contribution in [3.8, 4) is 0 Å². The number of halogens is 3. The lowest BCUT2D eigenvalue weighted by Gasteiger charge is -2.19. The number of cyclic esters (lactones) is 2. The Morgan fingerprint density at radius 1 is 1.39 bits per heavy atom. The fraction of sp³-hybridized carbons (Fsp3) is 0.700. The maximum atomic E-state index is 12.0. The molecule has 1 aliphatic heterocycles. The summed E-state index contributed by atoms with van der Waals surface area (Å²) in [5, 5.41) is 0. The molecule has 1 fully saturated rings. The molecule has 0 aromatic rings. The monoisotopic (exact) mass is 268 g/mol. The highest BCUT2D eigenvalue weighted by atomic mass is 19.4. The van der Waals surface area contributed by atoms with E-state index in [1.807, 2.05) is 0 Å². The maximum Gasteiger partial charge on any atom is 0.490 e. The van der Waals surface area contributed by atoms with Gasteiger partial charge in [0.25, 0.3) is 0 Å². The molecule has 3 atom stereocenters. The molecule has 1 heterocycles. The van der Waals surface area contributed by atoms with Gasteiger partial charge in [-0.3, -0.25) is 4.79 Å². The zero-order valence-electron chi connectivity index (χ0n) is 9.61. The van der Waals surface area contributed by atoms with Gasteiger partial charge in [-0.05, 0) is 5.92 Å². The van der Waals surface area contributed by atoms with Gasteiger partial charge in [-0.15, -0.1) is 0 Å². The normalized spacial score (nSPS) is 25.8. The first kappa shape index (κ1) is 14.5. The van der Waals surface area contributed by atoms with Crippen LogP contribution in [0.4, 0.5) is 13.2 Å². The largest absolute Gasteiger partial charge is 0.490 e. The predicted molar refractivity (Wildman–Crippen MR) is 50.0 cm³/mol. The van der Waals surface area contributed by atoms with Crippen molar-refractivity contribution in [2.75, 3.05) is 0 Å². The molecular formula is C10H11F3O5. The van der Waals surface area contributed by atoms with E-state index in [2.05, 4.69) is 9.47 Å². The number of hydrogen-bond acceptors (Lipinski definition) is 5. The summed E-state index contributed by atoms with van der Waals surface area (Å²) in [7, 11) is 0. The predicted octanol–water partition coefficient (Wildman–Crippen LogP) is 1.21. The standard InChI is InChI=1S/C10H11F3O5/c1-3-4(2)5-6(8(15)18-7(5)14)17-9(16)10(11,12)13/h4-6H,3H2,1-2H3/t4-,5-,6+/m0/s1. The van der Waals surface area contributed by atoms with E-state index >= 15 is 0 Å². The van der Waals surface area contributed by atoms with E-state index in [0.717, 1.165) is 0 Å². The Morgan fingerprint density at radius 3 is 2.39 bits per heavy atom. The summed E-state index contributed by atoms with van der Waals surface area (Å²) < 4.78 is 44.3. The van der Waals surface area contributed by atoms with E-state index in [-0.39, 0.29) is 0 Å². The zero-order chi connectivity index (χ0) is 14.1. The number of ether oxygens (including phenoxy) is 2. The number of esters is 3. The summed E-state index contributed by atoms with van der Waals surface area (Å²) in [6.07, 6.45) is -6.61. The molecule has 0 N–H and O–H groups in total. The Labute approximate surface area is 100 Å². The molecule has 0 radical (unpaired) electrons. The first-order chi connectivity index (χ1) is 8.18. The Morgan fingerprint density at radius 2 is 1.94 bits per heavy atom. The quantitative estimate of drug-likeness (QED) is 0.568. The topological polar surface area (TPSA) is 69.7 Å². The van der Waals surface area contributed by atoms with Crippen LogP contribution in [-0.2, 0) is 23.9 Å². The van der Waals surface area contributed by atoms with Crippen molar-refractivity contribution in [2.45, 2.75) is 32.5 Å². The molecular weight excluding hydrogens is 257 g/mol. The van der Waals surface area contributed by atoms with Crippen LogP contribution in [0, 0.1) is 11.8 Å². The van der Waals surface area contributed by atoms with Crippen LogP contribution in [0.2, 0.25) is 0 Å². The van der Waals surface area contributed by atoms with Gasteiger partial charge in [-0.25, -0.2) is 9.59 Å². The summed E-state index contributed by atoms with van der Waals surface area (Å²) in [4.78, 5) is 33.2. The smallest absolute Gasteiger partial charge is 0.443 e.